The van der Waals surface area contributed by atoms with Gasteiger partial charge in [-0.25, -0.2) is 0 Å². The number of carbonyl (C=O) groups is 2. The van der Waals surface area contributed by atoms with Crippen molar-refractivity contribution in [3.63, 3.8) is 0 Å². The number of likely N-dealkylation sites (tertiary alicyclic amines) is 1. The van der Waals surface area contributed by atoms with Crippen LogP contribution < -0.4 is 5.32 Å². The predicted octanol–water partition coefficient (Wildman–Crippen LogP) is 3.55. The summed E-state index contributed by atoms with van der Waals surface area (Å²) >= 11 is 0. The lowest BCUT2D eigenvalue weighted by Gasteiger charge is -2.32. The van der Waals surface area contributed by atoms with Crippen LogP contribution in [-0.4, -0.2) is 51.5 Å². The Labute approximate surface area is 186 Å². The smallest absolute Gasteiger partial charge is 0.433 e. The second-order valence-corrected chi connectivity index (χ2v) is 8.86. The van der Waals surface area contributed by atoms with E-state index in [1.807, 2.05) is 5.10 Å². The first kappa shape index (κ1) is 21.5. The number of alkyl halides is 3. The van der Waals surface area contributed by atoms with Gasteiger partial charge in [-0.2, -0.15) is 18.3 Å². The molecule has 2 N–H and O–H groups in total. The number of nitrogens with one attached hydrogen (secondary N) is 2. The number of H-pyrrole nitrogens is 1. The molecule has 1 saturated carbocycles. The lowest BCUT2D eigenvalue weighted by atomic mass is 9.90. The quantitative estimate of drug-likeness (QED) is 0.619. The number of nitrogens with zero attached hydrogens (tertiary/aromatic N) is 3. The van der Waals surface area contributed by atoms with Gasteiger partial charge < -0.3 is 14.6 Å². The lowest BCUT2D eigenvalue weighted by Crippen LogP contribution is -2.40. The summed E-state index contributed by atoms with van der Waals surface area (Å²) in [7, 11) is 0. The van der Waals surface area contributed by atoms with Gasteiger partial charge in [0.15, 0.2) is 17.0 Å². The summed E-state index contributed by atoms with van der Waals surface area (Å²) in [5.74, 6) is -0.233. The molecule has 0 aromatic carbocycles. The molecule has 3 aromatic rings. The van der Waals surface area contributed by atoms with E-state index in [-0.39, 0.29) is 28.3 Å². The molecule has 2 fully saturated rings. The highest BCUT2D eigenvalue weighted by Gasteiger charge is 2.55. The van der Waals surface area contributed by atoms with E-state index in [1.165, 1.54) is 6.92 Å². The molecule has 3 aromatic heterocycles. The van der Waals surface area contributed by atoms with Crippen LogP contribution in [-0.2, 0) is 6.18 Å². The molecule has 2 aliphatic rings. The minimum absolute atomic E-state index is 0.0552. The van der Waals surface area contributed by atoms with Gasteiger partial charge in [0.1, 0.15) is 5.69 Å². The largest absolute Gasteiger partial charge is 0.449 e. The van der Waals surface area contributed by atoms with Crippen molar-refractivity contribution in [2.24, 2.45) is 11.3 Å². The van der Waals surface area contributed by atoms with Gasteiger partial charge in [0, 0.05) is 36.8 Å². The second kappa shape index (κ2) is 7.60. The fourth-order valence-electron chi connectivity index (χ4n) is 4.82. The van der Waals surface area contributed by atoms with E-state index < -0.39 is 17.8 Å². The third kappa shape index (κ3) is 3.85. The van der Waals surface area contributed by atoms with Crippen molar-refractivity contribution in [1.82, 2.24) is 25.4 Å². The number of pyridine rings is 1. The average molecular weight is 461 g/mol. The van der Waals surface area contributed by atoms with Crippen LogP contribution in [0.2, 0.25) is 0 Å². The Bertz CT molecular complexity index is 1190. The first-order valence-corrected chi connectivity index (χ1v) is 10.7. The summed E-state index contributed by atoms with van der Waals surface area (Å²) in [6.07, 6.45) is 1.04. The molecule has 1 unspecified atom stereocenters. The molecule has 1 saturated heterocycles. The Kier molecular flexibility index (Phi) is 4.95. The fraction of sp³-hybridized carbons (Fsp3) is 0.455. The highest BCUT2D eigenvalue weighted by Crippen LogP contribution is 2.59. The molecular formula is C22H22F3N5O3. The van der Waals surface area contributed by atoms with E-state index in [2.05, 4.69) is 15.4 Å². The topological polar surface area (TPSA) is 104 Å². The summed E-state index contributed by atoms with van der Waals surface area (Å²) in [5.41, 5.74) is -0.741. The molecule has 2 amide bonds. The number of aromatic nitrogens is 3. The summed E-state index contributed by atoms with van der Waals surface area (Å²) in [6.45, 7) is 2.67. The fourth-order valence-corrected chi connectivity index (χ4v) is 4.82. The molecule has 0 radical (unpaired) electrons. The zero-order valence-corrected chi connectivity index (χ0v) is 17.8. The highest BCUT2D eigenvalue weighted by molar-refractivity contribution is 5.96. The number of halogens is 3. The molecule has 174 valence electrons. The van der Waals surface area contributed by atoms with Crippen LogP contribution >= 0.6 is 0 Å². The first-order chi connectivity index (χ1) is 15.7. The molecule has 11 heteroatoms. The molecule has 1 spiro atoms. The Morgan fingerprint density at radius 3 is 2.76 bits per heavy atom. The van der Waals surface area contributed by atoms with Crippen molar-refractivity contribution < 1.29 is 27.2 Å². The minimum Gasteiger partial charge on any atom is -0.449 e. The molecule has 1 atom stereocenters. The predicted molar refractivity (Wildman–Crippen MR) is 110 cm³/mol. The minimum atomic E-state index is -4.58. The number of amides is 2. The van der Waals surface area contributed by atoms with Gasteiger partial charge in [0.2, 0.25) is 0 Å². The third-order valence-electron chi connectivity index (χ3n) is 6.96. The lowest BCUT2D eigenvalue weighted by molar-refractivity contribution is -0.141. The van der Waals surface area contributed by atoms with Gasteiger partial charge in [0.05, 0.1) is 6.20 Å². The van der Waals surface area contributed by atoms with E-state index in [9.17, 15) is 22.8 Å². The molecule has 0 bridgehead atoms. The first-order valence-electron chi connectivity index (χ1n) is 10.7. The monoisotopic (exact) mass is 461 g/mol. The Hall–Kier alpha value is -3.37. The number of piperidine rings is 1. The number of hydrogen-bond donors (Lipinski definition) is 2. The second-order valence-electron chi connectivity index (χ2n) is 8.86. The number of rotatable bonds is 4. The molecule has 1 aliphatic carbocycles. The van der Waals surface area contributed by atoms with Crippen LogP contribution in [0, 0.1) is 18.3 Å². The highest BCUT2D eigenvalue weighted by atomic mass is 19.4. The van der Waals surface area contributed by atoms with Gasteiger partial charge in [0.25, 0.3) is 11.8 Å². The summed E-state index contributed by atoms with van der Waals surface area (Å²) in [4.78, 5) is 30.7. The maximum atomic E-state index is 13.0. The van der Waals surface area contributed by atoms with Crippen LogP contribution in [0.1, 0.15) is 51.6 Å². The third-order valence-corrected chi connectivity index (χ3v) is 6.96. The van der Waals surface area contributed by atoms with Crippen molar-refractivity contribution in [2.75, 3.05) is 19.6 Å². The zero-order valence-electron chi connectivity index (χ0n) is 17.8. The standard InChI is InChI=1S/C22H22F3N5O3/c1-12-17(28-29-18(12)22(23,24)25)20(32)30-6-3-21(4-7-30)9-14(21)10-27-19(31)15-8-13-2-5-26-11-16(13)33-15/h2,5,8,11,14H,3-4,6-7,9-10H2,1H3,(H,27,31)(H,28,29). The number of aromatic amines is 1. The Morgan fingerprint density at radius 1 is 1.33 bits per heavy atom. The van der Waals surface area contributed by atoms with E-state index >= 15 is 0 Å². The molecule has 8 nitrogen and oxygen atoms in total. The van der Waals surface area contributed by atoms with Crippen molar-refractivity contribution in [3.8, 4) is 0 Å². The van der Waals surface area contributed by atoms with Crippen molar-refractivity contribution in [3.05, 3.63) is 47.2 Å². The number of carbonyl (C=O) groups excluding carboxylic acids is 2. The van der Waals surface area contributed by atoms with E-state index in [4.69, 9.17) is 4.42 Å². The van der Waals surface area contributed by atoms with Gasteiger partial charge in [-0.1, -0.05) is 0 Å². The average Bonchev–Trinajstić information content (AvgIpc) is 3.12. The molecule has 33 heavy (non-hydrogen) atoms. The normalized spacial score (nSPS) is 19.8. The van der Waals surface area contributed by atoms with Gasteiger partial charge in [-0.05, 0) is 49.7 Å². The van der Waals surface area contributed by atoms with Crippen LogP contribution in [0.5, 0.6) is 0 Å². The maximum Gasteiger partial charge on any atom is 0.433 e. The van der Waals surface area contributed by atoms with Crippen LogP contribution in [0.3, 0.4) is 0 Å². The Balaban J connectivity index is 1.15. The van der Waals surface area contributed by atoms with E-state index in [0.717, 1.165) is 24.6 Å². The van der Waals surface area contributed by atoms with Crippen molar-refractivity contribution in [1.29, 1.82) is 0 Å². The van der Waals surface area contributed by atoms with Gasteiger partial charge in [-0.15, -0.1) is 0 Å². The summed E-state index contributed by atoms with van der Waals surface area (Å²) in [5, 5.41) is 9.30. The number of hydrogen-bond acceptors (Lipinski definition) is 5. The Morgan fingerprint density at radius 2 is 2.09 bits per heavy atom. The number of fused-ring (bicyclic) bond motifs is 1. The van der Waals surface area contributed by atoms with Crippen LogP contribution in [0.15, 0.2) is 28.9 Å². The van der Waals surface area contributed by atoms with E-state index in [1.54, 1.807) is 29.4 Å². The van der Waals surface area contributed by atoms with Gasteiger partial charge >= 0.3 is 6.18 Å². The summed E-state index contributed by atoms with van der Waals surface area (Å²) < 4.78 is 44.5. The van der Waals surface area contributed by atoms with E-state index in [0.29, 0.717) is 31.1 Å². The molecule has 5 rings (SSSR count). The van der Waals surface area contributed by atoms with Crippen molar-refractivity contribution in [2.45, 2.75) is 32.4 Å². The maximum absolute atomic E-state index is 13.0. The van der Waals surface area contributed by atoms with Crippen molar-refractivity contribution >= 4 is 22.8 Å². The number of furan rings is 1. The zero-order chi connectivity index (χ0) is 23.4. The molecule has 4 heterocycles. The molecular weight excluding hydrogens is 439 g/mol. The SMILES string of the molecule is Cc1c(C(=O)N2CCC3(CC2)CC3CNC(=O)c2cc3ccncc3o2)n[nH]c1C(F)(F)F. The van der Waals surface area contributed by atoms with Crippen LogP contribution in [0.4, 0.5) is 13.2 Å². The van der Waals surface area contributed by atoms with Gasteiger partial charge in [-0.3, -0.25) is 19.7 Å². The van der Waals surface area contributed by atoms with Crippen LogP contribution in [0.25, 0.3) is 11.0 Å². The summed E-state index contributed by atoms with van der Waals surface area (Å²) in [6, 6.07) is 3.45. The molecule has 1 aliphatic heterocycles.